The van der Waals surface area contributed by atoms with Crippen LogP contribution in [0.3, 0.4) is 0 Å². The molecular formula is C21H27F3N4O3. The van der Waals surface area contributed by atoms with Gasteiger partial charge in [0.25, 0.3) is 5.69 Å². The van der Waals surface area contributed by atoms with Crippen molar-refractivity contribution >= 4 is 17.3 Å². The number of amides is 1. The van der Waals surface area contributed by atoms with E-state index in [1.54, 1.807) is 4.90 Å². The average Bonchev–Trinajstić information content (AvgIpc) is 3.51. The Hall–Kier alpha value is -2.36. The van der Waals surface area contributed by atoms with Gasteiger partial charge in [-0.2, -0.15) is 13.2 Å². The third kappa shape index (κ3) is 4.78. The number of alkyl halides is 3. The molecule has 1 aromatic rings. The van der Waals surface area contributed by atoms with Gasteiger partial charge in [0.2, 0.25) is 5.91 Å². The summed E-state index contributed by atoms with van der Waals surface area (Å²) in [6.07, 6.45) is -1.14. The molecule has 2 aliphatic heterocycles. The van der Waals surface area contributed by atoms with Crippen LogP contribution in [-0.4, -0.2) is 54.0 Å². The first kappa shape index (κ1) is 21.9. The number of carbonyl (C=O) groups excluding carboxylic acids is 1. The summed E-state index contributed by atoms with van der Waals surface area (Å²) in [5, 5.41) is 14.5. The van der Waals surface area contributed by atoms with Gasteiger partial charge in [0.15, 0.2) is 0 Å². The van der Waals surface area contributed by atoms with Crippen molar-refractivity contribution in [1.29, 1.82) is 0 Å². The number of nitrogens with zero attached hydrogens (tertiary/aromatic N) is 3. The SMILES string of the molecule is C[C@H]1CN(C2CC2)C[C@H]1NC(=O)C1CCN(c2ccc(C(F)(F)F)cc2[N+](=O)[O-])CC1. The number of hydrogen-bond acceptors (Lipinski definition) is 5. The molecule has 1 aliphatic carbocycles. The Balaban J connectivity index is 1.36. The van der Waals surface area contributed by atoms with E-state index in [-0.39, 0.29) is 23.6 Å². The minimum absolute atomic E-state index is 0.0102. The van der Waals surface area contributed by atoms with E-state index in [9.17, 15) is 28.1 Å². The quantitative estimate of drug-likeness (QED) is 0.561. The van der Waals surface area contributed by atoms with E-state index in [0.717, 1.165) is 25.2 Å². The molecule has 170 valence electrons. The molecule has 0 unspecified atom stereocenters. The Kier molecular flexibility index (Phi) is 5.85. The molecule has 1 amide bonds. The first-order valence-corrected chi connectivity index (χ1v) is 10.8. The fraction of sp³-hybridized carbons (Fsp3) is 0.667. The fourth-order valence-corrected chi connectivity index (χ4v) is 4.73. The highest BCUT2D eigenvalue weighted by Crippen LogP contribution is 2.38. The topological polar surface area (TPSA) is 78.7 Å². The molecule has 31 heavy (non-hydrogen) atoms. The monoisotopic (exact) mass is 440 g/mol. The van der Waals surface area contributed by atoms with Gasteiger partial charge in [-0.25, -0.2) is 0 Å². The van der Waals surface area contributed by atoms with Crippen LogP contribution in [-0.2, 0) is 11.0 Å². The lowest BCUT2D eigenvalue weighted by Gasteiger charge is -2.33. The van der Waals surface area contributed by atoms with Crippen LogP contribution in [0.5, 0.6) is 0 Å². The molecule has 1 N–H and O–H groups in total. The van der Waals surface area contributed by atoms with Crippen molar-refractivity contribution in [1.82, 2.24) is 10.2 Å². The summed E-state index contributed by atoms with van der Waals surface area (Å²) in [6, 6.07) is 3.43. The predicted octanol–water partition coefficient (Wildman–Crippen LogP) is 3.43. The molecule has 0 bridgehead atoms. The maximum Gasteiger partial charge on any atom is 0.416 e. The number of hydrogen-bond donors (Lipinski definition) is 1. The second-order valence-corrected chi connectivity index (χ2v) is 9.00. The van der Waals surface area contributed by atoms with E-state index in [4.69, 9.17) is 0 Å². The number of nitrogens with one attached hydrogen (secondary N) is 1. The maximum atomic E-state index is 12.9. The number of benzene rings is 1. The predicted molar refractivity (Wildman–Crippen MR) is 109 cm³/mol. The van der Waals surface area contributed by atoms with Crippen molar-refractivity contribution in [2.24, 2.45) is 11.8 Å². The molecule has 3 aliphatic rings. The molecule has 3 fully saturated rings. The second-order valence-electron chi connectivity index (χ2n) is 9.00. The van der Waals surface area contributed by atoms with Crippen LogP contribution in [0.1, 0.15) is 38.2 Å². The molecule has 1 aromatic carbocycles. The Morgan fingerprint density at radius 1 is 1.16 bits per heavy atom. The number of likely N-dealkylation sites (tertiary alicyclic amines) is 1. The number of carbonyl (C=O) groups is 1. The molecule has 2 saturated heterocycles. The summed E-state index contributed by atoms with van der Waals surface area (Å²) in [4.78, 5) is 27.5. The molecule has 0 aromatic heterocycles. The third-order valence-electron chi connectivity index (χ3n) is 6.74. The third-order valence-corrected chi connectivity index (χ3v) is 6.74. The summed E-state index contributed by atoms with van der Waals surface area (Å²) >= 11 is 0. The number of halogens is 3. The van der Waals surface area contributed by atoms with Crippen LogP contribution in [0.15, 0.2) is 18.2 Å². The summed E-state index contributed by atoms with van der Waals surface area (Å²) in [5.74, 6) is 0.224. The summed E-state index contributed by atoms with van der Waals surface area (Å²) in [5.41, 5.74) is -1.43. The molecule has 2 atom stereocenters. The zero-order chi connectivity index (χ0) is 22.3. The Bertz CT molecular complexity index is 851. The molecule has 10 heteroatoms. The lowest BCUT2D eigenvalue weighted by Crippen LogP contribution is -2.46. The lowest BCUT2D eigenvalue weighted by molar-refractivity contribution is -0.384. The van der Waals surface area contributed by atoms with E-state index in [0.29, 0.717) is 44.0 Å². The van der Waals surface area contributed by atoms with Gasteiger partial charge in [0.1, 0.15) is 5.69 Å². The Morgan fingerprint density at radius 2 is 1.84 bits per heavy atom. The Labute approximate surface area is 178 Å². The smallest absolute Gasteiger partial charge is 0.366 e. The van der Waals surface area contributed by atoms with Crippen molar-refractivity contribution in [3.8, 4) is 0 Å². The highest BCUT2D eigenvalue weighted by Gasteiger charge is 2.40. The zero-order valence-electron chi connectivity index (χ0n) is 17.4. The molecule has 2 heterocycles. The molecule has 0 radical (unpaired) electrons. The summed E-state index contributed by atoms with van der Waals surface area (Å²) < 4.78 is 38.8. The van der Waals surface area contributed by atoms with Crippen molar-refractivity contribution in [2.45, 2.75) is 50.9 Å². The van der Waals surface area contributed by atoms with Gasteiger partial charge in [0.05, 0.1) is 10.5 Å². The molecular weight excluding hydrogens is 413 g/mol. The van der Waals surface area contributed by atoms with Crippen molar-refractivity contribution < 1.29 is 22.9 Å². The largest absolute Gasteiger partial charge is 0.416 e. The number of nitro groups is 1. The molecule has 0 spiro atoms. The van der Waals surface area contributed by atoms with Gasteiger partial charge < -0.3 is 10.2 Å². The van der Waals surface area contributed by atoms with Crippen molar-refractivity contribution in [3.63, 3.8) is 0 Å². The molecule has 7 nitrogen and oxygen atoms in total. The fourth-order valence-electron chi connectivity index (χ4n) is 4.73. The van der Waals surface area contributed by atoms with Gasteiger partial charge >= 0.3 is 6.18 Å². The van der Waals surface area contributed by atoms with Crippen LogP contribution < -0.4 is 10.2 Å². The van der Waals surface area contributed by atoms with Gasteiger partial charge in [-0.1, -0.05) is 6.92 Å². The van der Waals surface area contributed by atoms with Crippen LogP contribution >= 0.6 is 0 Å². The van der Waals surface area contributed by atoms with E-state index < -0.39 is 22.4 Å². The van der Waals surface area contributed by atoms with E-state index >= 15 is 0 Å². The van der Waals surface area contributed by atoms with Crippen LogP contribution in [0.25, 0.3) is 0 Å². The Morgan fingerprint density at radius 3 is 2.42 bits per heavy atom. The van der Waals surface area contributed by atoms with Crippen LogP contribution in [0.2, 0.25) is 0 Å². The summed E-state index contributed by atoms with van der Waals surface area (Å²) in [7, 11) is 0. The molecule has 1 saturated carbocycles. The first-order chi connectivity index (χ1) is 14.6. The number of piperidine rings is 1. The van der Waals surface area contributed by atoms with E-state index in [1.807, 2.05) is 0 Å². The second kappa shape index (κ2) is 8.29. The average molecular weight is 440 g/mol. The van der Waals surface area contributed by atoms with Gasteiger partial charge in [-0.15, -0.1) is 0 Å². The highest BCUT2D eigenvalue weighted by atomic mass is 19.4. The van der Waals surface area contributed by atoms with E-state index in [2.05, 4.69) is 17.1 Å². The van der Waals surface area contributed by atoms with E-state index in [1.165, 1.54) is 12.8 Å². The van der Waals surface area contributed by atoms with Gasteiger partial charge in [-0.3, -0.25) is 19.8 Å². The lowest BCUT2D eigenvalue weighted by atomic mass is 9.94. The standard InChI is InChI=1S/C21H27F3N4O3/c1-13-11-27(16-3-4-16)12-17(13)25-20(29)14-6-8-26(9-7-14)18-5-2-15(21(22,23)24)10-19(18)28(30)31/h2,5,10,13-14,16-17H,3-4,6-9,11-12H2,1H3,(H,25,29)/t13-,17+/m0/s1. The van der Waals surface area contributed by atoms with Crippen LogP contribution in [0.4, 0.5) is 24.5 Å². The first-order valence-electron chi connectivity index (χ1n) is 10.8. The van der Waals surface area contributed by atoms with Crippen molar-refractivity contribution in [3.05, 3.63) is 33.9 Å². The minimum Gasteiger partial charge on any atom is -0.366 e. The number of nitro benzene ring substituents is 1. The number of anilines is 1. The minimum atomic E-state index is -4.64. The van der Waals surface area contributed by atoms with Gasteiger partial charge in [-0.05, 0) is 43.7 Å². The maximum absolute atomic E-state index is 12.9. The molecule has 4 rings (SSSR count). The highest BCUT2D eigenvalue weighted by molar-refractivity contribution is 5.79. The zero-order valence-corrected chi connectivity index (χ0v) is 17.4. The summed E-state index contributed by atoms with van der Waals surface area (Å²) in [6.45, 7) is 4.82. The normalized spacial score (nSPS) is 25.6. The van der Waals surface area contributed by atoms with Crippen LogP contribution in [0, 0.1) is 22.0 Å². The number of rotatable bonds is 5. The van der Waals surface area contributed by atoms with Gasteiger partial charge in [0, 0.05) is 50.2 Å². The van der Waals surface area contributed by atoms with Crippen molar-refractivity contribution in [2.75, 3.05) is 31.1 Å².